The number of carbonyl (C=O) groups is 9. The first-order chi connectivity index (χ1) is 23.5. The van der Waals surface area contributed by atoms with E-state index in [2.05, 4.69) is 21.4 Å². The van der Waals surface area contributed by atoms with Gasteiger partial charge in [0.05, 0.1) is 13.0 Å². The molecule has 50 heavy (non-hydrogen) atoms. The topological polar surface area (TPSA) is 297 Å². The molecule has 1 aromatic rings. The lowest BCUT2D eigenvalue weighted by molar-refractivity contribution is -0.151. The average Bonchev–Trinajstić information content (AvgIpc) is 3.84. The van der Waals surface area contributed by atoms with Crippen LogP contribution in [0.4, 0.5) is 4.79 Å². The van der Waals surface area contributed by atoms with Gasteiger partial charge in [-0.1, -0.05) is 44.2 Å². The first-order valence-corrected chi connectivity index (χ1v) is 15.2. The summed E-state index contributed by atoms with van der Waals surface area (Å²) in [6, 6.07) is 3.41. The summed E-state index contributed by atoms with van der Waals surface area (Å²) in [6.45, 7) is 3.15. The Morgan fingerprint density at radius 1 is 0.800 bits per heavy atom. The van der Waals surface area contributed by atoms with E-state index in [9.17, 15) is 58.5 Å². The number of amides is 5. The molecule has 0 radical (unpaired) electrons. The van der Waals surface area contributed by atoms with Crippen molar-refractivity contribution in [3.63, 3.8) is 0 Å². The summed E-state index contributed by atoms with van der Waals surface area (Å²) in [7, 11) is 0. The summed E-state index contributed by atoms with van der Waals surface area (Å²) in [6.07, 6.45) is -6.10. The van der Waals surface area contributed by atoms with E-state index >= 15 is 0 Å². The number of carboxylic acid groups (broad SMARTS) is 3. The summed E-state index contributed by atoms with van der Waals surface area (Å²) in [5.41, 5.74) is 2.66. The summed E-state index contributed by atoms with van der Waals surface area (Å²) in [5, 5.41) is 34.8. The van der Waals surface area contributed by atoms with Gasteiger partial charge in [0, 0.05) is 6.42 Å². The normalized spacial score (nSPS) is 16.4. The zero-order valence-corrected chi connectivity index (χ0v) is 27.3. The van der Waals surface area contributed by atoms with Crippen molar-refractivity contribution in [3.8, 4) is 0 Å². The number of hydrogen-bond acceptors (Lipinski definition) is 12. The Morgan fingerprint density at radius 3 is 2.00 bits per heavy atom. The highest BCUT2D eigenvalue weighted by atomic mass is 16.6. The number of epoxide rings is 1. The molecule has 1 aliphatic rings. The van der Waals surface area contributed by atoms with Gasteiger partial charge >= 0.3 is 30.0 Å². The molecule has 1 aliphatic heterocycles. The van der Waals surface area contributed by atoms with Crippen LogP contribution in [0.1, 0.15) is 45.6 Å². The summed E-state index contributed by atoms with van der Waals surface area (Å²) in [5.74, 6) is -10.6. The highest BCUT2D eigenvalue weighted by molar-refractivity contribution is 5.97. The molecule has 0 aromatic heterocycles. The van der Waals surface area contributed by atoms with Gasteiger partial charge in [-0.15, -0.1) is 0 Å². The van der Waals surface area contributed by atoms with Gasteiger partial charge in [-0.05, 0) is 24.8 Å². The predicted octanol–water partition coefficient (Wildman–Crippen LogP) is -1.48. The third kappa shape index (κ3) is 13.4. The number of alkyl carbamates (subject to hydrolysis) is 1. The number of carboxylic acids is 3. The molecule has 1 aromatic carbocycles. The molecule has 5 amide bonds. The minimum absolute atomic E-state index is 0.0170. The Hall–Kier alpha value is -5.79. The van der Waals surface area contributed by atoms with Gasteiger partial charge < -0.3 is 45.5 Å². The van der Waals surface area contributed by atoms with Crippen molar-refractivity contribution in [1.82, 2.24) is 26.4 Å². The van der Waals surface area contributed by atoms with Gasteiger partial charge in [0.15, 0.2) is 12.2 Å². The molecular weight excluding hydrogens is 670 g/mol. The Kier molecular flexibility index (Phi) is 15.6. The van der Waals surface area contributed by atoms with Gasteiger partial charge in [-0.2, -0.15) is 0 Å². The number of hydrogen-bond donors (Lipinski definition) is 7. The van der Waals surface area contributed by atoms with E-state index < -0.39 is 116 Å². The Balaban J connectivity index is 2.18. The van der Waals surface area contributed by atoms with Crippen molar-refractivity contribution in [2.45, 2.75) is 77.0 Å². The minimum Gasteiger partial charge on any atom is -0.481 e. The van der Waals surface area contributed by atoms with Crippen LogP contribution in [0.2, 0.25) is 0 Å². The molecular formula is C30H39N5O15. The lowest BCUT2D eigenvalue weighted by Crippen LogP contribution is -2.60. The van der Waals surface area contributed by atoms with E-state index in [0.29, 0.717) is 10.6 Å². The van der Waals surface area contributed by atoms with E-state index in [0.717, 1.165) is 0 Å². The van der Waals surface area contributed by atoms with E-state index in [-0.39, 0.29) is 13.2 Å². The molecule has 2 rings (SSSR count). The van der Waals surface area contributed by atoms with Crippen molar-refractivity contribution < 1.29 is 72.7 Å². The molecule has 20 heteroatoms. The minimum atomic E-state index is -1.78. The van der Waals surface area contributed by atoms with Crippen LogP contribution < -0.4 is 21.4 Å². The van der Waals surface area contributed by atoms with Crippen molar-refractivity contribution >= 4 is 53.6 Å². The lowest BCUT2D eigenvalue weighted by atomic mass is 10.0. The van der Waals surface area contributed by atoms with Crippen LogP contribution in [0.5, 0.6) is 0 Å². The zero-order chi connectivity index (χ0) is 37.5. The molecule has 1 heterocycles. The molecule has 0 unspecified atom stereocenters. The van der Waals surface area contributed by atoms with Crippen molar-refractivity contribution in [2.24, 2.45) is 5.92 Å². The quantitative estimate of drug-likeness (QED) is 0.0490. The van der Waals surface area contributed by atoms with Crippen molar-refractivity contribution in [3.05, 3.63) is 35.9 Å². The van der Waals surface area contributed by atoms with Crippen LogP contribution in [0.25, 0.3) is 0 Å². The number of benzene rings is 1. The number of hydrazine groups is 1. The molecule has 0 bridgehead atoms. The van der Waals surface area contributed by atoms with Gasteiger partial charge in [-0.3, -0.25) is 39.0 Å². The Bertz CT molecular complexity index is 1440. The molecule has 20 nitrogen and oxygen atoms in total. The fraction of sp³-hybridized carbons (Fsp3) is 0.500. The van der Waals surface area contributed by atoms with Gasteiger partial charge in [0.1, 0.15) is 31.3 Å². The van der Waals surface area contributed by atoms with Crippen molar-refractivity contribution in [2.75, 3.05) is 13.2 Å². The monoisotopic (exact) mass is 709 g/mol. The third-order valence-corrected chi connectivity index (χ3v) is 6.79. The number of nitrogens with one attached hydrogen (secondary N) is 4. The van der Waals surface area contributed by atoms with Gasteiger partial charge in [-0.25, -0.2) is 14.6 Å². The second kappa shape index (κ2) is 19.3. The maximum Gasteiger partial charge on any atom is 0.408 e. The fourth-order valence-corrected chi connectivity index (χ4v) is 4.26. The highest BCUT2D eigenvalue weighted by Gasteiger charge is 2.53. The van der Waals surface area contributed by atoms with Crippen LogP contribution in [-0.4, -0.2) is 117 Å². The van der Waals surface area contributed by atoms with Crippen LogP contribution in [-0.2, 0) is 59.2 Å². The SMILES string of the molecule is CCOC(=O)[C@@H]1O[C@H]1C(=O)N(CC(=O)O)NC(=O)[C@@H](NC(=O)[C@H](CCC(=O)O)NC(=O)[C@H](CC(=O)O)NC(=O)OCc1ccccc1)C(C)C. The predicted molar refractivity (Wildman–Crippen MR) is 164 cm³/mol. The second-order valence-corrected chi connectivity index (χ2v) is 11.1. The molecule has 1 fully saturated rings. The standard InChI is InChI=1S/C30H39N5O15/c1-4-48-29(46)24-23(50-24)28(45)35(13-21(40)41)34-27(44)22(15(2)3)33-25(42)17(10-11-19(36)37)31-26(43)18(12-20(38)39)32-30(47)49-14-16-8-6-5-7-9-16/h5-9,15,17-18,22-24H,4,10-14H2,1-3H3,(H,31,43)(H,32,47)(H,33,42)(H,34,44)(H,36,37)(H,38,39)(H,40,41)/t17-,18-,22-,23+,24+/m0/s1. The molecule has 0 saturated carbocycles. The number of esters is 1. The van der Waals surface area contributed by atoms with Crippen LogP contribution in [0.3, 0.4) is 0 Å². The summed E-state index contributed by atoms with van der Waals surface area (Å²) < 4.78 is 14.8. The zero-order valence-electron chi connectivity index (χ0n) is 27.3. The molecule has 5 atom stereocenters. The summed E-state index contributed by atoms with van der Waals surface area (Å²) in [4.78, 5) is 111. The number of carbonyl (C=O) groups excluding carboxylic acids is 6. The average molecular weight is 710 g/mol. The fourth-order valence-electron chi connectivity index (χ4n) is 4.26. The van der Waals surface area contributed by atoms with E-state index in [1.807, 2.05) is 0 Å². The summed E-state index contributed by atoms with van der Waals surface area (Å²) >= 11 is 0. The van der Waals surface area contributed by atoms with Crippen molar-refractivity contribution in [1.29, 1.82) is 0 Å². The molecule has 274 valence electrons. The van der Waals surface area contributed by atoms with Crippen LogP contribution >= 0.6 is 0 Å². The Morgan fingerprint density at radius 2 is 1.44 bits per heavy atom. The molecule has 1 saturated heterocycles. The van der Waals surface area contributed by atoms with Crippen LogP contribution in [0.15, 0.2) is 30.3 Å². The maximum atomic E-state index is 13.4. The molecule has 0 aliphatic carbocycles. The van der Waals surface area contributed by atoms with E-state index in [4.69, 9.17) is 14.2 Å². The largest absolute Gasteiger partial charge is 0.481 e. The van der Waals surface area contributed by atoms with E-state index in [1.165, 1.54) is 20.8 Å². The lowest BCUT2D eigenvalue weighted by Gasteiger charge is -2.28. The van der Waals surface area contributed by atoms with Gasteiger partial charge in [0.25, 0.3) is 11.8 Å². The maximum absolute atomic E-state index is 13.4. The molecule has 7 N–H and O–H groups in total. The number of aliphatic carboxylic acids is 3. The Labute approximate surface area is 284 Å². The number of ether oxygens (including phenoxy) is 3. The van der Waals surface area contributed by atoms with Crippen LogP contribution in [0, 0.1) is 5.92 Å². The second-order valence-electron chi connectivity index (χ2n) is 11.1. The molecule has 0 spiro atoms. The van der Waals surface area contributed by atoms with E-state index in [1.54, 1.807) is 30.3 Å². The third-order valence-electron chi connectivity index (χ3n) is 6.79. The first kappa shape index (κ1) is 40.4. The number of rotatable bonds is 19. The highest BCUT2D eigenvalue weighted by Crippen LogP contribution is 2.25. The van der Waals surface area contributed by atoms with Gasteiger partial charge in [0.2, 0.25) is 11.8 Å². The first-order valence-electron chi connectivity index (χ1n) is 15.2. The number of nitrogens with zero attached hydrogens (tertiary/aromatic N) is 1. The smallest absolute Gasteiger partial charge is 0.408 e.